The number of benzene rings is 3. The zero-order valence-corrected chi connectivity index (χ0v) is 16.3. The van der Waals surface area contributed by atoms with Gasteiger partial charge in [-0.25, -0.2) is 8.42 Å². The Morgan fingerprint density at radius 1 is 0.828 bits per heavy atom. The maximum Gasteiger partial charge on any atom is 0.251 e. The summed E-state index contributed by atoms with van der Waals surface area (Å²) in [5.41, 5.74) is 2.20. The van der Waals surface area contributed by atoms with E-state index in [1.165, 1.54) is 0 Å². The standard InChI is InChI=1S/C23H18N2O3S/c26-23(19-10-13-22-18(15-19)5-4-14-24-22)25-16-17-8-11-21(12-9-17)29(27,28)20-6-2-1-3-7-20/h1-15H,16H2,(H,25,26). The van der Waals surface area contributed by atoms with Crippen LogP contribution in [-0.4, -0.2) is 19.3 Å². The second-order valence-corrected chi connectivity index (χ2v) is 8.50. The van der Waals surface area contributed by atoms with Gasteiger partial charge in [0.2, 0.25) is 9.84 Å². The zero-order chi connectivity index (χ0) is 20.3. The lowest BCUT2D eigenvalue weighted by Gasteiger charge is -2.08. The number of rotatable bonds is 5. The van der Waals surface area contributed by atoms with Crippen molar-refractivity contribution in [1.29, 1.82) is 0 Å². The van der Waals surface area contributed by atoms with Gasteiger partial charge in [0.25, 0.3) is 5.91 Å². The summed E-state index contributed by atoms with van der Waals surface area (Å²) < 4.78 is 25.3. The summed E-state index contributed by atoms with van der Waals surface area (Å²) in [5.74, 6) is -0.197. The van der Waals surface area contributed by atoms with Gasteiger partial charge in [-0.15, -0.1) is 0 Å². The lowest BCUT2D eigenvalue weighted by molar-refractivity contribution is 0.0951. The van der Waals surface area contributed by atoms with Gasteiger partial charge in [0, 0.05) is 23.7 Å². The second kappa shape index (κ2) is 7.85. The summed E-state index contributed by atoms with van der Waals surface area (Å²) in [6.45, 7) is 0.301. The third-order valence-electron chi connectivity index (χ3n) is 4.61. The van der Waals surface area contributed by atoms with Crippen molar-refractivity contribution in [2.75, 3.05) is 0 Å². The number of aromatic nitrogens is 1. The molecule has 1 aromatic heterocycles. The molecule has 5 nitrogen and oxygen atoms in total. The van der Waals surface area contributed by atoms with Crippen molar-refractivity contribution in [3.63, 3.8) is 0 Å². The summed E-state index contributed by atoms with van der Waals surface area (Å²) in [6.07, 6.45) is 1.71. The molecule has 0 saturated carbocycles. The van der Waals surface area contributed by atoms with Gasteiger partial charge in [-0.2, -0.15) is 0 Å². The predicted octanol–water partition coefficient (Wildman–Crippen LogP) is 4.00. The van der Waals surface area contributed by atoms with Gasteiger partial charge >= 0.3 is 0 Å². The molecule has 0 atom stereocenters. The Bertz CT molecular complexity index is 1270. The van der Waals surface area contributed by atoms with Crippen LogP contribution in [0.1, 0.15) is 15.9 Å². The summed E-state index contributed by atoms with van der Waals surface area (Å²) in [4.78, 5) is 17.2. The lowest BCUT2D eigenvalue weighted by atomic mass is 10.1. The molecule has 4 rings (SSSR count). The highest BCUT2D eigenvalue weighted by molar-refractivity contribution is 7.91. The first-order chi connectivity index (χ1) is 14.0. The van der Waals surface area contributed by atoms with Gasteiger partial charge < -0.3 is 5.32 Å². The number of sulfone groups is 1. The Labute approximate surface area is 169 Å². The van der Waals surface area contributed by atoms with Crippen molar-refractivity contribution in [3.8, 4) is 0 Å². The molecule has 0 radical (unpaired) electrons. The summed E-state index contributed by atoms with van der Waals surface area (Å²) in [5, 5.41) is 3.76. The Balaban J connectivity index is 1.45. The lowest BCUT2D eigenvalue weighted by Crippen LogP contribution is -2.22. The van der Waals surface area contributed by atoms with Crippen molar-refractivity contribution in [2.24, 2.45) is 0 Å². The first kappa shape index (κ1) is 18.8. The van der Waals surface area contributed by atoms with Crippen LogP contribution in [0.25, 0.3) is 10.9 Å². The van der Waals surface area contributed by atoms with E-state index in [2.05, 4.69) is 10.3 Å². The Kier molecular flexibility index (Phi) is 5.10. The smallest absolute Gasteiger partial charge is 0.251 e. The molecule has 0 spiro atoms. The molecule has 3 aromatic carbocycles. The van der Waals surface area contributed by atoms with Crippen LogP contribution in [0.5, 0.6) is 0 Å². The molecule has 4 aromatic rings. The minimum absolute atomic E-state index is 0.197. The first-order valence-electron chi connectivity index (χ1n) is 9.06. The van der Waals surface area contributed by atoms with E-state index in [9.17, 15) is 13.2 Å². The molecule has 0 unspecified atom stereocenters. The number of nitrogens with one attached hydrogen (secondary N) is 1. The molecule has 1 N–H and O–H groups in total. The van der Waals surface area contributed by atoms with Crippen LogP contribution >= 0.6 is 0 Å². The molecule has 0 fully saturated rings. The number of fused-ring (bicyclic) bond motifs is 1. The minimum atomic E-state index is -3.54. The fourth-order valence-corrected chi connectivity index (χ4v) is 4.31. The number of carbonyl (C=O) groups is 1. The van der Waals surface area contributed by atoms with E-state index < -0.39 is 9.84 Å². The van der Waals surface area contributed by atoms with Gasteiger partial charge in [-0.3, -0.25) is 9.78 Å². The van der Waals surface area contributed by atoms with E-state index in [1.54, 1.807) is 72.9 Å². The van der Waals surface area contributed by atoms with Crippen LogP contribution in [0.4, 0.5) is 0 Å². The fraction of sp³-hybridized carbons (Fsp3) is 0.0435. The molecule has 1 heterocycles. The first-order valence-corrected chi connectivity index (χ1v) is 10.5. The second-order valence-electron chi connectivity index (χ2n) is 6.55. The van der Waals surface area contributed by atoms with E-state index in [0.717, 1.165) is 16.5 Å². The number of amides is 1. The minimum Gasteiger partial charge on any atom is -0.348 e. The van der Waals surface area contributed by atoms with Crippen LogP contribution in [0.15, 0.2) is 101 Å². The maximum atomic E-state index is 12.6. The number of hydrogen-bond acceptors (Lipinski definition) is 4. The van der Waals surface area contributed by atoms with Gasteiger partial charge in [-0.1, -0.05) is 36.4 Å². The summed E-state index contributed by atoms with van der Waals surface area (Å²) >= 11 is 0. The molecular formula is C23H18N2O3S. The van der Waals surface area contributed by atoms with Gasteiger partial charge in [0.1, 0.15) is 0 Å². The zero-order valence-electron chi connectivity index (χ0n) is 15.4. The molecule has 144 valence electrons. The highest BCUT2D eigenvalue weighted by atomic mass is 32.2. The average molecular weight is 402 g/mol. The molecule has 0 bridgehead atoms. The van der Waals surface area contributed by atoms with E-state index in [1.807, 2.05) is 18.2 Å². The van der Waals surface area contributed by atoms with Crippen LogP contribution in [0.2, 0.25) is 0 Å². The molecule has 0 aliphatic rings. The monoisotopic (exact) mass is 402 g/mol. The quantitative estimate of drug-likeness (QED) is 0.547. The largest absolute Gasteiger partial charge is 0.348 e. The number of hydrogen-bond donors (Lipinski definition) is 1. The molecule has 0 aliphatic heterocycles. The molecule has 29 heavy (non-hydrogen) atoms. The van der Waals surface area contributed by atoms with Crippen molar-refractivity contribution in [2.45, 2.75) is 16.3 Å². The molecular weight excluding hydrogens is 384 g/mol. The van der Waals surface area contributed by atoms with Crippen LogP contribution in [-0.2, 0) is 16.4 Å². The highest BCUT2D eigenvalue weighted by Crippen LogP contribution is 2.21. The van der Waals surface area contributed by atoms with Crippen molar-refractivity contribution >= 4 is 26.6 Å². The third-order valence-corrected chi connectivity index (χ3v) is 6.39. The van der Waals surface area contributed by atoms with E-state index >= 15 is 0 Å². The van der Waals surface area contributed by atoms with Crippen LogP contribution in [0.3, 0.4) is 0 Å². The van der Waals surface area contributed by atoms with Crippen LogP contribution < -0.4 is 5.32 Å². The average Bonchev–Trinajstić information content (AvgIpc) is 2.78. The molecule has 0 saturated heterocycles. The normalized spacial score (nSPS) is 11.3. The number of carbonyl (C=O) groups excluding carboxylic acids is 1. The Hall–Kier alpha value is -3.51. The van der Waals surface area contributed by atoms with E-state index in [-0.39, 0.29) is 15.7 Å². The SMILES string of the molecule is O=C(NCc1ccc(S(=O)(=O)c2ccccc2)cc1)c1ccc2ncccc2c1. The molecule has 6 heteroatoms. The highest BCUT2D eigenvalue weighted by Gasteiger charge is 2.16. The number of pyridine rings is 1. The van der Waals surface area contributed by atoms with Gasteiger partial charge in [-0.05, 0) is 54.1 Å². The van der Waals surface area contributed by atoms with Crippen molar-refractivity contribution in [3.05, 3.63) is 102 Å². The van der Waals surface area contributed by atoms with Crippen molar-refractivity contribution < 1.29 is 13.2 Å². The number of nitrogens with zero attached hydrogens (tertiary/aromatic N) is 1. The predicted molar refractivity (Wildman–Crippen MR) is 111 cm³/mol. The van der Waals surface area contributed by atoms with Crippen LogP contribution in [0, 0.1) is 0 Å². The Morgan fingerprint density at radius 2 is 1.55 bits per heavy atom. The summed E-state index contributed by atoms with van der Waals surface area (Å²) in [6, 6.07) is 23.9. The molecule has 0 aliphatic carbocycles. The van der Waals surface area contributed by atoms with Gasteiger partial charge in [0.15, 0.2) is 0 Å². The van der Waals surface area contributed by atoms with Crippen molar-refractivity contribution in [1.82, 2.24) is 10.3 Å². The maximum absolute atomic E-state index is 12.6. The van der Waals surface area contributed by atoms with E-state index in [4.69, 9.17) is 0 Å². The topological polar surface area (TPSA) is 76.1 Å². The van der Waals surface area contributed by atoms with Gasteiger partial charge in [0.05, 0.1) is 15.3 Å². The molecule has 1 amide bonds. The summed E-state index contributed by atoms with van der Waals surface area (Å²) in [7, 11) is -3.54. The van der Waals surface area contributed by atoms with E-state index in [0.29, 0.717) is 12.1 Å². The third kappa shape index (κ3) is 4.02. The fourth-order valence-electron chi connectivity index (χ4n) is 3.02. The Morgan fingerprint density at radius 3 is 2.31 bits per heavy atom.